The van der Waals surface area contributed by atoms with Gasteiger partial charge in [-0.3, -0.25) is 0 Å². The summed E-state index contributed by atoms with van der Waals surface area (Å²) in [6.07, 6.45) is -0.634. The maximum Gasteiger partial charge on any atom is 0.288 e. The lowest BCUT2D eigenvalue weighted by Gasteiger charge is -2.19. The molecule has 24 heavy (non-hydrogen) atoms. The number of hydrogen-bond donors (Lipinski definition) is 4. The van der Waals surface area contributed by atoms with Crippen molar-refractivity contribution in [2.75, 3.05) is 20.3 Å². The fourth-order valence-electron chi connectivity index (χ4n) is 1.55. The molecule has 5 N–H and O–H groups in total. The Balaban J connectivity index is 0. The van der Waals surface area contributed by atoms with E-state index in [1.165, 1.54) is 0 Å². The molecule has 0 bridgehead atoms. The van der Waals surface area contributed by atoms with Gasteiger partial charge in [-0.2, -0.15) is 8.78 Å². The van der Waals surface area contributed by atoms with Gasteiger partial charge in [0, 0.05) is 20.1 Å². The van der Waals surface area contributed by atoms with Gasteiger partial charge in [-0.15, -0.1) is 0 Å². The molecule has 1 unspecified atom stereocenters. The average Bonchev–Trinajstić information content (AvgIpc) is 2.61. The van der Waals surface area contributed by atoms with E-state index in [4.69, 9.17) is 15.9 Å². The summed E-state index contributed by atoms with van der Waals surface area (Å²) in [6.45, 7) is 2.48. The summed E-state index contributed by atoms with van der Waals surface area (Å²) in [4.78, 5) is 0. The fraction of sp³-hybridized carbons (Fsp3) is 0.625. The van der Waals surface area contributed by atoms with Gasteiger partial charge in [0.2, 0.25) is 0 Å². The molecule has 0 spiro atoms. The molecule has 1 aromatic rings. The third-order valence-electron chi connectivity index (χ3n) is 2.62. The van der Waals surface area contributed by atoms with Crippen molar-refractivity contribution in [2.24, 2.45) is 5.73 Å². The summed E-state index contributed by atoms with van der Waals surface area (Å²) in [5.74, 6) is 0. The van der Waals surface area contributed by atoms with Gasteiger partial charge in [-0.05, 0) is 31.9 Å². The minimum Gasteiger partial charge on any atom is -0.400 e. The number of hydrogen-bond acceptors (Lipinski definition) is 5. The number of rotatable bonds is 9. The molecular formula is C16H30F2NO4P. The van der Waals surface area contributed by atoms with Gasteiger partial charge < -0.3 is 25.6 Å². The Morgan fingerprint density at radius 2 is 1.83 bits per heavy atom. The summed E-state index contributed by atoms with van der Waals surface area (Å²) < 4.78 is 30.6. The Bertz CT molecular complexity index is 372. The first-order chi connectivity index (χ1) is 11.4. The van der Waals surface area contributed by atoms with Gasteiger partial charge in [0.25, 0.3) is 5.66 Å². The minimum atomic E-state index is -2.91. The lowest BCUT2D eigenvalue weighted by Crippen LogP contribution is -2.20. The van der Waals surface area contributed by atoms with Crippen LogP contribution in [0.3, 0.4) is 0 Å². The van der Waals surface area contributed by atoms with E-state index in [0.717, 1.165) is 12.7 Å². The topological polar surface area (TPSA) is 95.9 Å². The number of halogens is 2. The van der Waals surface area contributed by atoms with Crippen molar-refractivity contribution in [1.82, 2.24) is 0 Å². The van der Waals surface area contributed by atoms with Gasteiger partial charge in [0.05, 0.1) is 21.5 Å². The van der Waals surface area contributed by atoms with Crippen molar-refractivity contribution < 1.29 is 28.6 Å². The smallest absolute Gasteiger partial charge is 0.288 e. The summed E-state index contributed by atoms with van der Waals surface area (Å²) >= 11 is 0. The molecule has 0 fully saturated rings. The Morgan fingerprint density at radius 1 is 1.25 bits per heavy atom. The standard InChI is InChI=1S/C8H18F2NO2P.C7H8O.CH4O/c1-2-13-14-8(9,10)6-7(12)4-3-5-11;8-6-7-4-2-1-3-5-7;1-2/h7,12,14H,2-6,11H2,1H3;1-5,8H,6H2;2H,1H3/t7-;;/m0../s1. The molecular weight excluding hydrogens is 339 g/mol. The molecule has 0 aliphatic heterocycles. The number of aliphatic hydroxyl groups is 3. The van der Waals surface area contributed by atoms with Crippen LogP contribution in [0.15, 0.2) is 30.3 Å². The zero-order valence-electron chi connectivity index (χ0n) is 14.3. The van der Waals surface area contributed by atoms with E-state index in [-0.39, 0.29) is 13.2 Å². The number of nitrogens with two attached hydrogens (primary N) is 1. The van der Waals surface area contributed by atoms with Crippen molar-refractivity contribution in [3.05, 3.63) is 35.9 Å². The molecule has 0 saturated heterocycles. The van der Waals surface area contributed by atoms with Crippen LogP contribution in [0, 0.1) is 0 Å². The third-order valence-corrected chi connectivity index (χ3v) is 3.56. The Labute approximate surface area is 144 Å². The minimum absolute atomic E-state index is 0.140. The molecule has 142 valence electrons. The van der Waals surface area contributed by atoms with E-state index < -0.39 is 27.0 Å². The van der Waals surface area contributed by atoms with E-state index in [1.54, 1.807) is 6.92 Å². The first-order valence-electron chi connectivity index (χ1n) is 7.69. The van der Waals surface area contributed by atoms with Crippen LogP contribution < -0.4 is 5.73 Å². The quantitative estimate of drug-likeness (QED) is 0.502. The van der Waals surface area contributed by atoms with E-state index in [9.17, 15) is 13.9 Å². The van der Waals surface area contributed by atoms with Crippen molar-refractivity contribution in [3.63, 3.8) is 0 Å². The molecule has 0 saturated carbocycles. The van der Waals surface area contributed by atoms with E-state index in [2.05, 4.69) is 4.52 Å². The van der Waals surface area contributed by atoms with Crippen LogP contribution in [-0.2, 0) is 11.1 Å². The molecule has 0 aliphatic carbocycles. The molecule has 0 radical (unpaired) electrons. The van der Waals surface area contributed by atoms with Crippen LogP contribution in [-0.4, -0.2) is 47.3 Å². The normalized spacial score (nSPS) is 12.2. The largest absolute Gasteiger partial charge is 0.400 e. The van der Waals surface area contributed by atoms with Crippen LogP contribution >= 0.6 is 8.81 Å². The van der Waals surface area contributed by atoms with Crippen molar-refractivity contribution >= 4 is 8.81 Å². The third kappa shape index (κ3) is 16.2. The van der Waals surface area contributed by atoms with Crippen molar-refractivity contribution in [1.29, 1.82) is 0 Å². The highest BCUT2D eigenvalue weighted by Gasteiger charge is 2.32. The fourth-order valence-corrected chi connectivity index (χ4v) is 2.23. The molecule has 0 amide bonds. The molecule has 0 aliphatic rings. The predicted molar refractivity (Wildman–Crippen MR) is 94.3 cm³/mol. The molecule has 8 heteroatoms. The SMILES string of the molecule is CCOPC(F)(F)C[C@@H](O)CCCN.CO.OCc1ccccc1. The summed E-state index contributed by atoms with van der Waals surface area (Å²) in [7, 11) is 0.132. The zero-order valence-corrected chi connectivity index (χ0v) is 15.3. The van der Waals surface area contributed by atoms with Crippen LogP contribution in [0.1, 0.15) is 31.7 Å². The zero-order chi connectivity index (χ0) is 18.8. The van der Waals surface area contributed by atoms with Crippen LogP contribution in [0.4, 0.5) is 8.78 Å². The maximum absolute atomic E-state index is 13.0. The molecule has 1 rings (SSSR count). The van der Waals surface area contributed by atoms with Gasteiger partial charge >= 0.3 is 0 Å². The summed E-state index contributed by atoms with van der Waals surface area (Å²) in [5, 5.41) is 24.8. The molecule has 5 nitrogen and oxygen atoms in total. The van der Waals surface area contributed by atoms with E-state index in [0.29, 0.717) is 19.4 Å². The first-order valence-corrected chi connectivity index (χ1v) is 8.60. The second kappa shape index (κ2) is 17.1. The lowest BCUT2D eigenvalue weighted by atomic mass is 10.1. The second-order valence-corrected chi connectivity index (χ2v) is 5.90. The van der Waals surface area contributed by atoms with Gasteiger partial charge in [-0.25, -0.2) is 0 Å². The Morgan fingerprint density at radius 3 is 2.25 bits per heavy atom. The average molecular weight is 369 g/mol. The predicted octanol–water partition coefficient (Wildman–Crippen LogP) is 2.49. The highest BCUT2D eigenvalue weighted by Crippen LogP contribution is 2.40. The van der Waals surface area contributed by atoms with Gasteiger partial charge in [0.15, 0.2) is 0 Å². The highest BCUT2D eigenvalue weighted by atomic mass is 31.1. The second-order valence-electron chi connectivity index (χ2n) is 4.67. The summed E-state index contributed by atoms with van der Waals surface area (Å²) in [6, 6.07) is 9.52. The molecule has 0 heterocycles. The van der Waals surface area contributed by atoms with Gasteiger partial charge in [0.1, 0.15) is 0 Å². The van der Waals surface area contributed by atoms with Crippen LogP contribution in [0.2, 0.25) is 0 Å². The van der Waals surface area contributed by atoms with Crippen LogP contribution in [0.25, 0.3) is 0 Å². The lowest BCUT2D eigenvalue weighted by molar-refractivity contribution is 0.0203. The number of aliphatic hydroxyl groups excluding tert-OH is 3. The van der Waals surface area contributed by atoms with Crippen molar-refractivity contribution in [2.45, 2.75) is 44.6 Å². The van der Waals surface area contributed by atoms with E-state index >= 15 is 0 Å². The van der Waals surface area contributed by atoms with Gasteiger partial charge in [-0.1, -0.05) is 30.3 Å². The number of alkyl halides is 2. The first kappa shape index (κ1) is 25.5. The molecule has 0 aromatic heterocycles. The number of benzene rings is 1. The molecule has 1 aromatic carbocycles. The van der Waals surface area contributed by atoms with Crippen LogP contribution in [0.5, 0.6) is 0 Å². The Hall–Kier alpha value is -0.690. The molecule has 2 atom stereocenters. The Kier molecular flexibility index (Phi) is 18.2. The monoisotopic (exact) mass is 369 g/mol. The summed E-state index contributed by atoms with van der Waals surface area (Å²) in [5.41, 5.74) is 3.25. The highest BCUT2D eigenvalue weighted by molar-refractivity contribution is 7.33. The van der Waals surface area contributed by atoms with Crippen molar-refractivity contribution in [3.8, 4) is 0 Å². The maximum atomic E-state index is 13.0. The van der Waals surface area contributed by atoms with E-state index in [1.807, 2.05) is 30.3 Å².